The van der Waals surface area contributed by atoms with E-state index in [1.54, 1.807) is 6.07 Å². The maximum Gasteiger partial charge on any atom is 0.156 e. The molecule has 0 amide bonds. The van der Waals surface area contributed by atoms with E-state index in [4.69, 9.17) is 9.47 Å². The second-order valence-electron chi connectivity index (χ2n) is 5.29. The van der Waals surface area contributed by atoms with Crippen LogP contribution < -0.4 is 4.74 Å². The lowest BCUT2D eigenvalue weighted by molar-refractivity contribution is -0.197. The molecule has 0 unspecified atom stereocenters. The first-order valence-electron chi connectivity index (χ1n) is 7.07. The van der Waals surface area contributed by atoms with Crippen LogP contribution in [0.1, 0.15) is 0 Å². The van der Waals surface area contributed by atoms with Gasteiger partial charge in [0.05, 0.1) is 6.61 Å². The minimum absolute atomic E-state index is 0.375. The molecule has 0 bridgehead atoms. The minimum Gasteiger partial charge on any atom is -0.484 e. The van der Waals surface area contributed by atoms with Crippen LogP contribution in [0.4, 0.5) is 0 Å². The highest BCUT2D eigenvalue weighted by atomic mass is 32.1. The van der Waals surface area contributed by atoms with E-state index in [0.717, 1.165) is 10.8 Å². The first kappa shape index (κ1) is 15.6. The van der Waals surface area contributed by atoms with Crippen molar-refractivity contribution in [1.29, 1.82) is 0 Å². The third-order valence-corrected chi connectivity index (χ3v) is 4.28. The molecular formula is C16H18O5S. The van der Waals surface area contributed by atoms with Gasteiger partial charge < -0.3 is 24.8 Å². The van der Waals surface area contributed by atoms with Crippen LogP contribution in [-0.4, -0.2) is 51.8 Å². The SMILES string of the molecule is OC[C@H]1O[C@@H](S)[C@H](O)[C@@H](Oc2cccc3ccccc23)[C@H]1O. The smallest absolute Gasteiger partial charge is 0.156 e. The molecule has 0 radical (unpaired) electrons. The van der Waals surface area contributed by atoms with E-state index in [1.165, 1.54) is 0 Å². The van der Waals surface area contributed by atoms with Gasteiger partial charge in [0, 0.05) is 5.39 Å². The van der Waals surface area contributed by atoms with Gasteiger partial charge in [-0.2, -0.15) is 0 Å². The summed E-state index contributed by atoms with van der Waals surface area (Å²) in [5, 5.41) is 31.6. The highest BCUT2D eigenvalue weighted by molar-refractivity contribution is 7.80. The zero-order valence-electron chi connectivity index (χ0n) is 11.7. The summed E-state index contributed by atoms with van der Waals surface area (Å²) in [6, 6.07) is 13.3. The molecule has 2 aromatic carbocycles. The van der Waals surface area contributed by atoms with Crippen molar-refractivity contribution in [2.24, 2.45) is 0 Å². The number of fused-ring (bicyclic) bond motifs is 1. The van der Waals surface area contributed by atoms with Crippen molar-refractivity contribution in [2.75, 3.05) is 6.61 Å². The van der Waals surface area contributed by atoms with Crippen LogP contribution in [0.3, 0.4) is 0 Å². The van der Waals surface area contributed by atoms with Crippen LogP contribution in [0, 0.1) is 0 Å². The molecule has 1 aliphatic heterocycles. The summed E-state index contributed by atoms with van der Waals surface area (Å²) in [7, 11) is 0. The van der Waals surface area contributed by atoms with Crippen LogP contribution in [0.15, 0.2) is 42.5 Å². The molecule has 1 saturated heterocycles. The summed E-state index contributed by atoms with van der Waals surface area (Å²) in [5.74, 6) is 0.556. The number of ether oxygens (including phenoxy) is 2. The van der Waals surface area contributed by atoms with Crippen LogP contribution in [0.2, 0.25) is 0 Å². The Hall–Kier alpha value is -1.31. The number of rotatable bonds is 3. The fraction of sp³-hybridized carbons (Fsp3) is 0.375. The van der Waals surface area contributed by atoms with Crippen LogP contribution in [0.5, 0.6) is 5.75 Å². The standard InChI is InChI=1S/C16H18O5S/c17-8-12-13(18)15(14(19)16(22)21-12)20-11-7-3-5-9-4-1-2-6-10(9)11/h1-7,12-19,22H,8H2/t12-,13+,14-,15+,16+/m1/s1. The average molecular weight is 322 g/mol. The maximum absolute atomic E-state index is 10.2. The van der Waals surface area contributed by atoms with Crippen LogP contribution >= 0.6 is 12.6 Å². The second kappa shape index (κ2) is 6.44. The van der Waals surface area contributed by atoms with Gasteiger partial charge in [-0.1, -0.05) is 36.4 Å². The van der Waals surface area contributed by atoms with Crippen molar-refractivity contribution in [3.8, 4) is 5.75 Å². The number of aliphatic hydroxyl groups excluding tert-OH is 3. The molecule has 118 valence electrons. The lowest BCUT2D eigenvalue weighted by atomic mass is 9.99. The molecule has 2 aromatic rings. The Balaban J connectivity index is 1.92. The molecule has 3 N–H and O–H groups in total. The largest absolute Gasteiger partial charge is 0.484 e. The van der Waals surface area contributed by atoms with Crippen molar-refractivity contribution in [3.63, 3.8) is 0 Å². The molecule has 0 aromatic heterocycles. The first-order valence-corrected chi connectivity index (χ1v) is 7.58. The Morgan fingerprint density at radius 2 is 1.77 bits per heavy atom. The van der Waals surface area contributed by atoms with E-state index in [-0.39, 0.29) is 6.61 Å². The number of hydrogen-bond acceptors (Lipinski definition) is 6. The van der Waals surface area contributed by atoms with Crippen molar-refractivity contribution in [2.45, 2.75) is 29.9 Å². The van der Waals surface area contributed by atoms with Gasteiger partial charge in [-0.05, 0) is 11.5 Å². The summed E-state index contributed by atoms with van der Waals surface area (Å²) in [5.41, 5.74) is -0.833. The predicted molar refractivity (Wildman–Crippen MR) is 85.1 cm³/mol. The first-order chi connectivity index (χ1) is 10.6. The molecule has 6 heteroatoms. The zero-order valence-corrected chi connectivity index (χ0v) is 12.6. The topological polar surface area (TPSA) is 79.2 Å². The molecule has 1 heterocycles. The van der Waals surface area contributed by atoms with Crippen molar-refractivity contribution in [1.82, 2.24) is 0 Å². The van der Waals surface area contributed by atoms with Crippen molar-refractivity contribution < 1.29 is 24.8 Å². The summed E-state index contributed by atoms with van der Waals surface area (Å²) < 4.78 is 11.1. The van der Waals surface area contributed by atoms with Gasteiger partial charge in [-0.25, -0.2) is 0 Å². The number of aliphatic hydroxyl groups is 3. The van der Waals surface area contributed by atoms with Gasteiger partial charge in [0.25, 0.3) is 0 Å². The fourth-order valence-electron chi connectivity index (χ4n) is 2.65. The monoisotopic (exact) mass is 322 g/mol. The highest BCUT2D eigenvalue weighted by Gasteiger charge is 2.44. The Labute approximate surface area is 133 Å². The quantitative estimate of drug-likeness (QED) is 0.633. The molecule has 5 nitrogen and oxygen atoms in total. The summed E-state index contributed by atoms with van der Waals surface area (Å²) in [6.07, 6.45) is -4.03. The molecule has 1 fully saturated rings. The minimum atomic E-state index is -1.15. The maximum atomic E-state index is 10.2. The van der Waals surface area contributed by atoms with Gasteiger partial charge in [-0.15, -0.1) is 12.6 Å². The second-order valence-corrected chi connectivity index (χ2v) is 5.80. The van der Waals surface area contributed by atoms with Gasteiger partial charge >= 0.3 is 0 Å². The fourth-order valence-corrected chi connectivity index (χ4v) is 2.98. The molecule has 3 rings (SSSR count). The van der Waals surface area contributed by atoms with E-state index < -0.39 is 29.9 Å². The van der Waals surface area contributed by atoms with E-state index in [0.29, 0.717) is 5.75 Å². The van der Waals surface area contributed by atoms with E-state index in [1.807, 2.05) is 36.4 Å². The molecule has 22 heavy (non-hydrogen) atoms. The number of hydrogen-bond donors (Lipinski definition) is 4. The number of benzene rings is 2. The van der Waals surface area contributed by atoms with Gasteiger partial charge in [0.2, 0.25) is 0 Å². The summed E-state index contributed by atoms with van der Waals surface area (Å²) in [4.78, 5) is 0. The van der Waals surface area contributed by atoms with E-state index in [2.05, 4.69) is 12.6 Å². The summed E-state index contributed by atoms with van der Waals surface area (Å²) >= 11 is 4.13. The molecule has 0 aliphatic carbocycles. The Bertz CT molecular complexity index is 644. The highest BCUT2D eigenvalue weighted by Crippen LogP contribution is 2.31. The molecular weight excluding hydrogens is 304 g/mol. The van der Waals surface area contributed by atoms with Crippen LogP contribution in [0.25, 0.3) is 10.8 Å². The van der Waals surface area contributed by atoms with E-state index in [9.17, 15) is 15.3 Å². The summed E-state index contributed by atoms with van der Waals surface area (Å²) in [6.45, 7) is -0.375. The Morgan fingerprint density at radius 1 is 1.05 bits per heavy atom. The third kappa shape index (κ3) is 2.80. The van der Waals surface area contributed by atoms with Crippen molar-refractivity contribution in [3.05, 3.63) is 42.5 Å². The Kier molecular flexibility index (Phi) is 4.56. The van der Waals surface area contributed by atoms with Gasteiger partial charge in [0.1, 0.15) is 29.5 Å². The average Bonchev–Trinajstić information content (AvgIpc) is 2.55. The van der Waals surface area contributed by atoms with Gasteiger partial charge in [-0.3, -0.25) is 0 Å². The normalized spacial score (nSPS) is 32.1. The van der Waals surface area contributed by atoms with Crippen LogP contribution in [-0.2, 0) is 4.74 Å². The lowest BCUT2D eigenvalue weighted by Crippen LogP contribution is -2.59. The van der Waals surface area contributed by atoms with Crippen molar-refractivity contribution >= 4 is 23.4 Å². The predicted octanol–water partition coefficient (Wildman–Crippen LogP) is 0.956. The molecule has 0 saturated carbocycles. The molecule has 1 aliphatic rings. The third-order valence-electron chi connectivity index (χ3n) is 3.85. The Morgan fingerprint density at radius 3 is 2.55 bits per heavy atom. The van der Waals surface area contributed by atoms with E-state index >= 15 is 0 Å². The van der Waals surface area contributed by atoms with Gasteiger partial charge in [0.15, 0.2) is 6.10 Å². The molecule has 0 spiro atoms. The molecule has 5 atom stereocenters. The number of thiol groups is 1. The zero-order chi connectivity index (χ0) is 15.7. The lowest BCUT2D eigenvalue weighted by Gasteiger charge is -2.40.